The van der Waals surface area contributed by atoms with Crippen molar-refractivity contribution in [2.75, 3.05) is 19.6 Å². The molecule has 0 aromatic carbocycles. The van der Waals surface area contributed by atoms with Gasteiger partial charge in [0.1, 0.15) is 0 Å². The van der Waals surface area contributed by atoms with Crippen LogP contribution in [-0.2, 0) is 0 Å². The predicted molar refractivity (Wildman–Crippen MR) is 50.1 cm³/mol. The van der Waals surface area contributed by atoms with Gasteiger partial charge in [0.05, 0.1) is 11.7 Å². The van der Waals surface area contributed by atoms with Gasteiger partial charge in [-0.05, 0) is 27.3 Å². The third kappa shape index (κ3) is 6.58. The molecule has 0 aromatic heterocycles. The molecule has 2 N–H and O–H groups in total. The van der Waals surface area contributed by atoms with Crippen LogP contribution >= 0.6 is 0 Å². The molecular formula is C9H21NO2. The average molecular weight is 175 g/mol. The summed E-state index contributed by atoms with van der Waals surface area (Å²) < 4.78 is 0. The minimum atomic E-state index is -0.676. The zero-order chi connectivity index (χ0) is 9.78. The van der Waals surface area contributed by atoms with Gasteiger partial charge in [-0.1, -0.05) is 6.92 Å². The molecule has 3 nitrogen and oxygen atoms in total. The van der Waals surface area contributed by atoms with Crippen molar-refractivity contribution in [1.82, 2.24) is 4.90 Å². The van der Waals surface area contributed by atoms with Crippen LogP contribution in [0.1, 0.15) is 27.7 Å². The Hall–Kier alpha value is -0.120. The highest BCUT2D eigenvalue weighted by atomic mass is 16.3. The minimum Gasteiger partial charge on any atom is -0.392 e. The summed E-state index contributed by atoms with van der Waals surface area (Å²) in [5, 5.41) is 18.6. The standard InChI is InChI=1S/C9H21NO2/c1-5-10(6-8(2)11)7-9(3,4)12/h8,11-12H,5-7H2,1-4H3/t8-/m0/s1. The second kappa shape index (κ2) is 4.80. The molecule has 12 heavy (non-hydrogen) atoms. The van der Waals surface area contributed by atoms with E-state index in [0.29, 0.717) is 13.1 Å². The number of hydrogen-bond donors (Lipinski definition) is 2. The second-order valence-electron chi connectivity index (χ2n) is 3.99. The maximum absolute atomic E-state index is 9.51. The molecule has 0 aliphatic heterocycles. The molecule has 0 fully saturated rings. The molecule has 0 bridgehead atoms. The van der Waals surface area contributed by atoms with Crippen LogP contribution in [0.4, 0.5) is 0 Å². The van der Waals surface area contributed by atoms with Crippen LogP contribution in [0.2, 0.25) is 0 Å². The van der Waals surface area contributed by atoms with Gasteiger partial charge in [-0.15, -0.1) is 0 Å². The quantitative estimate of drug-likeness (QED) is 0.638. The molecule has 0 saturated carbocycles. The van der Waals surface area contributed by atoms with Gasteiger partial charge < -0.3 is 10.2 Å². The first kappa shape index (κ1) is 11.9. The van der Waals surface area contributed by atoms with Crippen LogP contribution in [0, 0.1) is 0 Å². The van der Waals surface area contributed by atoms with E-state index in [1.54, 1.807) is 20.8 Å². The Labute approximate surface area is 75.0 Å². The van der Waals surface area contributed by atoms with Crippen molar-refractivity contribution in [3.8, 4) is 0 Å². The van der Waals surface area contributed by atoms with Crippen molar-refractivity contribution in [2.45, 2.75) is 39.4 Å². The topological polar surface area (TPSA) is 43.7 Å². The Balaban J connectivity index is 3.83. The third-order valence-corrected chi connectivity index (χ3v) is 1.58. The molecule has 74 valence electrons. The normalized spacial score (nSPS) is 15.2. The Morgan fingerprint density at radius 1 is 1.42 bits per heavy atom. The Kier molecular flexibility index (Phi) is 4.75. The molecule has 0 saturated heterocycles. The van der Waals surface area contributed by atoms with E-state index in [9.17, 15) is 5.11 Å². The zero-order valence-corrected chi connectivity index (χ0v) is 8.54. The van der Waals surface area contributed by atoms with Gasteiger partial charge in [0.2, 0.25) is 0 Å². The van der Waals surface area contributed by atoms with Crippen LogP contribution in [0.15, 0.2) is 0 Å². The summed E-state index contributed by atoms with van der Waals surface area (Å²) in [4.78, 5) is 2.03. The number of aliphatic hydroxyl groups excluding tert-OH is 1. The first-order chi connectivity index (χ1) is 5.35. The van der Waals surface area contributed by atoms with E-state index in [0.717, 1.165) is 6.54 Å². The summed E-state index contributed by atoms with van der Waals surface area (Å²) in [6.07, 6.45) is -0.327. The molecule has 0 aromatic rings. The van der Waals surface area contributed by atoms with Gasteiger partial charge in [0.15, 0.2) is 0 Å². The molecule has 0 heterocycles. The van der Waals surface area contributed by atoms with E-state index >= 15 is 0 Å². The fraction of sp³-hybridized carbons (Fsp3) is 1.00. The Bertz CT molecular complexity index is 118. The molecule has 0 amide bonds. The molecule has 1 atom stereocenters. The van der Waals surface area contributed by atoms with Crippen LogP contribution in [-0.4, -0.2) is 46.5 Å². The molecule has 0 radical (unpaired) electrons. The van der Waals surface area contributed by atoms with Crippen LogP contribution in [0.3, 0.4) is 0 Å². The van der Waals surface area contributed by atoms with E-state index in [1.165, 1.54) is 0 Å². The maximum atomic E-state index is 9.51. The third-order valence-electron chi connectivity index (χ3n) is 1.58. The van der Waals surface area contributed by atoms with E-state index in [1.807, 2.05) is 11.8 Å². The molecule has 0 aliphatic carbocycles. The van der Waals surface area contributed by atoms with Gasteiger partial charge in [0.25, 0.3) is 0 Å². The number of rotatable bonds is 5. The van der Waals surface area contributed by atoms with Crippen LogP contribution < -0.4 is 0 Å². The lowest BCUT2D eigenvalue weighted by molar-refractivity contribution is 0.0233. The highest BCUT2D eigenvalue weighted by Gasteiger charge is 2.17. The summed E-state index contributed by atoms with van der Waals surface area (Å²) in [5.74, 6) is 0. The smallest absolute Gasteiger partial charge is 0.0718 e. The van der Waals surface area contributed by atoms with Crippen LogP contribution in [0.5, 0.6) is 0 Å². The average Bonchev–Trinajstić information content (AvgIpc) is 1.82. The molecule has 0 rings (SSSR count). The van der Waals surface area contributed by atoms with Crippen molar-refractivity contribution in [3.63, 3.8) is 0 Å². The number of hydrogen-bond acceptors (Lipinski definition) is 3. The second-order valence-corrected chi connectivity index (χ2v) is 3.99. The van der Waals surface area contributed by atoms with Crippen molar-refractivity contribution in [2.24, 2.45) is 0 Å². The zero-order valence-electron chi connectivity index (χ0n) is 8.54. The largest absolute Gasteiger partial charge is 0.392 e. The summed E-state index contributed by atoms with van der Waals surface area (Å²) in [5.41, 5.74) is -0.676. The lowest BCUT2D eigenvalue weighted by atomic mass is 10.1. The summed E-state index contributed by atoms with van der Waals surface area (Å²) in [6, 6.07) is 0. The van der Waals surface area contributed by atoms with Gasteiger partial charge in [0, 0.05) is 13.1 Å². The monoisotopic (exact) mass is 175 g/mol. The van der Waals surface area contributed by atoms with E-state index < -0.39 is 5.60 Å². The van der Waals surface area contributed by atoms with Gasteiger partial charge >= 0.3 is 0 Å². The fourth-order valence-electron chi connectivity index (χ4n) is 1.23. The molecule has 0 spiro atoms. The van der Waals surface area contributed by atoms with Crippen molar-refractivity contribution in [3.05, 3.63) is 0 Å². The molecule has 0 unspecified atom stereocenters. The number of nitrogens with zero attached hydrogens (tertiary/aromatic N) is 1. The van der Waals surface area contributed by atoms with Crippen LogP contribution in [0.25, 0.3) is 0 Å². The van der Waals surface area contributed by atoms with E-state index in [-0.39, 0.29) is 6.10 Å². The van der Waals surface area contributed by atoms with E-state index in [2.05, 4.69) is 0 Å². The predicted octanol–water partition coefficient (Wildman–Crippen LogP) is 0.460. The Morgan fingerprint density at radius 3 is 2.17 bits per heavy atom. The number of aliphatic hydroxyl groups is 2. The first-order valence-electron chi connectivity index (χ1n) is 4.48. The fourth-order valence-corrected chi connectivity index (χ4v) is 1.23. The lowest BCUT2D eigenvalue weighted by Gasteiger charge is -2.28. The minimum absolute atomic E-state index is 0.327. The van der Waals surface area contributed by atoms with Crippen molar-refractivity contribution >= 4 is 0 Å². The van der Waals surface area contributed by atoms with Gasteiger partial charge in [-0.2, -0.15) is 0 Å². The molecule has 3 heteroatoms. The van der Waals surface area contributed by atoms with Crippen molar-refractivity contribution in [1.29, 1.82) is 0 Å². The molecular weight excluding hydrogens is 154 g/mol. The van der Waals surface area contributed by atoms with Crippen molar-refractivity contribution < 1.29 is 10.2 Å². The summed E-state index contributed by atoms with van der Waals surface area (Å²) in [7, 11) is 0. The SMILES string of the molecule is CCN(C[C@H](C)O)CC(C)(C)O. The maximum Gasteiger partial charge on any atom is 0.0718 e. The highest BCUT2D eigenvalue weighted by Crippen LogP contribution is 2.04. The Morgan fingerprint density at radius 2 is 1.92 bits per heavy atom. The highest BCUT2D eigenvalue weighted by molar-refractivity contribution is 4.72. The van der Waals surface area contributed by atoms with Gasteiger partial charge in [-0.25, -0.2) is 0 Å². The number of likely N-dealkylation sites (N-methyl/N-ethyl adjacent to an activating group) is 1. The van der Waals surface area contributed by atoms with E-state index in [4.69, 9.17) is 5.11 Å². The first-order valence-corrected chi connectivity index (χ1v) is 4.48. The lowest BCUT2D eigenvalue weighted by Crippen LogP contribution is -2.41. The van der Waals surface area contributed by atoms with Gasteiger partial charge in [-0.3, -0.25) is 4.90 Å². The molecule has 0 aliphatic rings. The summed E-state index contributed by atoms with van der Waals surface area (Å²) in [6.45, 7) is 9.42. The summed E-state index contributed by atoms with van der Waals surface area (Å²) >= 11 is 0.